The van der Waals surface area contributed by atoms with Crippen molar-refractivity contribution in [3.05, 3.63) is 33.8 Å². The lowest BCUT2D eigenvalue weighted by molar-refractivity contribution is -0.141. The minimum Gasteiger partial charge on any atom is -0.468 e. The van der Waals surface area contributed by atoms with Crippen LogP contribution in [-0.2, 0) is 14.9 Å². The number of hydrogen-bond acceptors (Lipinski definition) is 3. The Balaban J connectivity index is 2.01. The Hall–Kier alpha value is -1.07. The van der Waals surface area contributed by atoms with Crippen molar-refractivity contribution in [2.45, 2.75) is 17.2 Å². The predicted molar refractivity (Wildman–Crippen MR) is 78.0 cm³/mol. The highest BCUT2D eigenvalue weighted by Gasteiger charge is 2.59. The summed E-state index contributed by atoms with van der Waals surface area (Å²) >= 11 is 9.75. The van der Waals surface area contributed by atoms with E-state index < -0.39 is 5.97 Å². The second kappa shape index (κ2) is 4.74. The van der Waals surface area contributed by atoms with E-state index in [1.807, 2.05) is 12.1 Å². The number of alkyl halides is 1. The van der Waals surface area contributed by atoms with Gasteiger partial charge in [-0.2, -0.15) is 0 Å². The van der Waals surface area contributed by atoms with Gasteiger partial charge in [0.1, 0.15) is 6.54 Å². The second-order valence-electron chi connectivity index (χ2n) is 5.26. The monoisotopic (exact) mass is 357 g/mol. The fraction of sp³-hybridized carbons (Fsp3) is 0.429. The molecule has 1 saturated carbocycles. The van der Waals surface area contributed by atoms with Crippen molar-refractivity contribution in [3.8, 4) is 0 Å². The highest BCUT2D eigenvalue weighted by atomic mass is 79.9. The number of carbonyl (C=O) groups is 2. The van der Waals surface area contributed by atoms with Gasteiger partial charge in [0.15, 0.2) is 0 Å². The summed E-state index contributed by atoms with van der Waals surface area (Å²) in [6, 6.07) is 5.58. The molecule has 1 heterocycles. The van der Waals surface area contributed by atoms with Crippen LogP contribution < -0.4 is 0 Å². The molecule has 1 fully saturated rings. The van der Waals surface area contributed by atoms with Gasteiger partial charge in [0.05, 0.1) is 7.11 Å². The maximum atomic E-state index is 12.5. The average Bonchev–Trinajstić information content (AvgIpc) is 3.06. The third-order valence-corrected chi connectivity index (χ3v) is 5.10. The summed E-state index contributed by atoms with van der Waals surface area (Å²) in [6.07, 6.45) is 0.822. The fourth-order valence-electron chi connectivity index (χ4n) is 2.83. The van der Waals surface area contributed by atoms with Crippen LogP contribution in [0.25, 0.3) is 0 Å². The van der Waals surface area contributed by atoms with E-state index in [2.05, 4.69) is 20.7 Å². The van der Waals surface area contributed by atoms with Crippen LogP contribution in [0, 0.1) is 0 Å². The van der Waals surface area contributed by atoms with Gasteiger partial charge in [-0.3, -0.25) is 9.59 Å². The number of ether oxygens (including phenoxy) is 1. The third kappa shape index (κ3) is 2.04. The Kier molecular flexibility index (Phi) is 3.29. The van der Waals surface area contributed by atoms with Crippen LogP contribution in [0.1, 0.15) is 22.3 Å². The number of hydrogen-bond donors (Lipinski definition) is 0. The normalized spacial score (nSPS) is 27.4. The lowest BCUT2D eigenvalue weighted by Gasteiger charge is -2.34. The lowest BCUT2D eigenvalue weighted by Crippen LogP contribution is -2.46. The van der Waals surface area contributed by atoms with E-state index in [0.29, 0.717) is 12.1 Å². The van der Waals surface area contributed by atoms with Gasteiger partial charge < -0.3 is 9.64 Å². The molecule has 0 saturated heterocycles. The Morgan fingerprint density at radius 2 is 2.30 bits per heavy atom. The molecule has 2 atom stereocenters. The summed E-state index contributed by atoms with van der Waals surface area (Å²) in [5, 5.41) is 0.00352. The van der Waals surface area contributed by atoms with E-state index in [9.17, 15) is 9.59 Å². The van der Waals surface area contributed by atoms with Crippen LogP contribution in [-0.4, -0.2) is 42.4 Å². The summed E-state index contributed by atoms with van der Waals surface area (Å²) in [6.45, 7) is 0.439. The molecule has 0 aromatic heterocycles. The van der Waals surface area contributed by atoms with E-state index in [4.69, 9.17) is 11.6 Å². The van der Waals surface area contributed by atoms with Crippen molar-refractivity contribution in [2.75, 3.05) is 20.2 Å². The predicted octanol–water partition coefficient (Wildman–Crippen LogP) is 2.33. The van der Waals surface area contributed by atoms with Crippen LogP contribution >= 0.6 is 27.5 Å². The molecule has 1 spiro atoms. The van der Waals surface area contributed by atoms with Crippen LogP contribution in [0.4, 0.5) is 0 Å². The van der Waals surface area contributed by atoms with Crippen LogP contribution in [0.5, 0.6) is 0 Å². The molecular weight excluding hydrogens is 346 g/mol. The SMILES string of the molecule is COC(=O)CN1C[C@@]2(C[C@@H]2Cl)c2cc(Br)ccc2C1=O. The van der Waals surface area contributed by atoms with Gasteiger partial charge in [0.2, 0.25) is 0 Å². The van der Waals surface area contributed by atoms with Crippen molar-refractivity contribution < 1.29 is 14.3 Å². The molecule has 0 bridgehead atoms. The number of nitrogens with zero attached hydrogens (tertiary/aromatic N) is 1. The molecule has 1 aromatic rings. The topological polar surface area (TPSA) is 46.6 Å². The van der Waals surface area contributed by atoms with Crippen LogP contribution in [0.2, 0.25) is 0 Å². The molecule has 20 heavy (non-hydrogen) atoms. The van der Waals surface area contributed by atoms with Crippen LogP contribution in [0.3, 0.4) is 0 Å². The lowest BCUT2D eigenvalue weighted by atomic mass is 9.86. The Labute approximate surface area is 130 Å². The minimum atomic E-state index is -0.416. The minimum absolute atomic E-state index is 0.00352. The number of benzene rings is 1. The molecule has 0 unspecified atom stereocenters. The number of amides is 1. The molecule has 1 aliphatic heterocycles. The van der Waals surface area contributed by atoms with E-state index in [1.54, 1.807) is 6.07 Å². The van der Waals surface area contributed by atoms with Crippen molar-refractivity contribution >= 4 is 39.4 Å². The van der Waals surface area contributed by atoms with Gasteiger partial charge in [-0.1, -0.05) is 15.9 Å². The van der Waals surface area contributed by atoms with Crippen molar-refractivity contribution in [1.82, 2.24) is 4.90 Å². The van der Waals surface area contributed by atoms with Gasteiger partial charge >= 0.3 is 5.97 Å². The maximum Gasteiger partial charge on any atom is 0.325 e. The largest absolute Gasteiger partial charge is 0.468 e. The highest BCUT2D eigenvalue weighted by Crippen LogP contribution is 2.56. The first-order valence-corrected chi connectivity index (χ1v) is 7.51. The summed E-state index contributed by atoms with van der Waals surface area (Å²) in [5.41, 5.74) is 1.40. The highest BCUT2D eigenvalue weighted by molar-refractivity contribution is 9.10. The van der Waals surface area contributed by atoms with Crippen molar-refractivity contribution in [1.29, 1.82) is 0 Å². The van der Waals surface area contributed by atoms with Crippen LogP contribution in [0.15, 0.2) is 22.7 Å². The zero-order valence-electron chi connectivity index (χ0n) is 10.9. The molecule has 1 aliphatic carbocycles. The zero-order chi connectivity index (χ0) is 14.5. The van der Waals surface area contributed by atoms with Crippen molar-refractivity contribution in [2.24, 2.45) is 0 Å². The Morgan fingerprint density at radius 1 is 1.60 bits per heavy atom. The first-order valence-electron chi connectivity index (χ1n) is 6.28. The molecule has 6 heteroatoms. The third-order valence-electron chi connectivity index (χ3n) is 4.04. The number of methoxy groups -OCH3 is 1. The first kappa shape index (κ1) is 13.9. The van der Waals surface area contributed by atoms with Gasteiger partial charge in [-0.15, -0.1) is 11.6 Å². The molecule has 106 valence electrons. The molecule has 2 aliphatic rings. The fourth-order valence-corrected chi connectivity index (χ4v) is 3.66. The summed E-state index contributed by atoms with van der Waals surface area (Å²) in [5.74, 6) is -0.555. The summed E-state index contributed by atoms with van der Waals surface area (Å²) in [7, 11) is 1.32. The van der Waals surface area contributed by atoms with E-state index in [1.165, 1.54) is 12.0 Å². The number of fused-ring (bicyclic) bond motifs is 2. The Morgan fingerprint density at radius 3 is 2.90 bits per heavy atom. The maximum absolute atomic E-state index is 12.5. The second-order valence-corrected chi connectivity index (χ2v) is 6.70. The zero-order valence-corrected chi connectivity index (χ0v) is 13.2. The Bertz CT molecular complexity index is 606. The van der Waals surface area contributed by atoms with E-state index in [0.717, 1.165) is 16.5 Å². The van der Waals surface area contributed by atoms with Gasteiger partial charge in [-0.05, 0) is 30.2 Å². The van der Waals surface area contributed by atoms with Crippen molar-refractivity contribution in [3.63, 3.8) is 0 Å². The molecule has 3 rings (SSSR count). The first-order chi connectivity index (χ1) is 9.48. The molecule has 1 amide bonds. The standard InChI is InChI=1S/C14H13BrClNO3/c1-20-12(18)6-17-7-14(5-11(14)16)10-4-8(15)2-3-9(10)13(17)19/h2-4,11H,5-7H2,1H3/t11-,14-/m0/s1. The number of halogens is 2. The number of rotatable bonds is 2. The van der Waals surface area contributed by atoms with E-state index in [-0.39, 0.29) is 23.2 Å². The summed E-state index contributed by atoms with van der Waals surface area (Å²) < 4.78 is 5.58. The van der Waals surface area contributed by atoms with Gasteiger partial charge in [0.25, 0.3) is 5.91 Å². The summed E-state index contributed by atoms with van der Waals surface area (Å²) in [4.78, 5) is 25.4. The quantitative estimate of drug-likeness (QED) is 0.602. The molecule has 0 radical (unpaired) electrons. The van der Waals surface area contributed by atoms with E-state index >= 15 is 0 Å². The molecular formula is C14H13BrClNO3. The number of esters is 1. The molecule has 4 nitrogen and oxygen atoms in total. The van der Waals surface area contributed by atoms with Gasteiger partial charge in [-0.25, -0.2) is 0 Å². The number of carbonyl (C=O) groups excluding carboxylic acids is 2. The smallest absolute Gasteiger partial charge is 0.325 e. The molecule has 0 N–H and O–H groups in total. The average molecular weight is 359 g/mol. The van der Waals surface area contributed by atoms with Gasteiger partial charge in [0, 0.05) is 27.4 Å². The molecule has 1 aromatic carbocycles.